The predicted octanol–water partition coefficient (Wildman–Crippen LogP) is 17.9. The molecule has 4 fully saturated rings. The molecule has 4 aromatic carbocycles. The Kier molecular flexibility index (Phi) is 21.8. The Morgan fingerprint density at radius 2 is 1.06 bits per heavy atom. The summed E-state index contributed by atoms with van der Waals surface area (Å²) < 4.78 is 48.2. The van der Waals surface area contributed by atoms with Crippen LogP contribution in [0.5, 0.6) is 11.5 Å². The molecule has 16 nitrogen and oxygen atoms in total. The van der Waals surface area contributed by atoms with Crippen molar-refractivity contribution in [3.63, 3.8) is 0 Å². The van der Waals surface area contributed by atoms with Gasteiger partial charge in [-0.05, 0) is 176 Å². The van der Waals surface area contributed by atoms with Crippen molar-refractivity contribution in [1.82, 2.24) is 25.6 Å². The number of nitrogens with one attached hydrogen (secondary N) is 1. The Labute approximate surface area is 543 Å². The maximum absolute atomic E-state index is 12.3. The van der Waals surface area contributed by atoms with E-state index in [2.05, 4.69) is 48.5 Å². The van der Waals surface area contributed by atoms with Crippen LogP contribution in [0.4, 0.5) is 5.13 Å². The van der Waals surface area contributed by atoms with Gasteiger partial charge in [-0.3, -0.25) is 0 Å². The van der Waals surface area contributed by atoms with Gasteiger partial charge in [-0.2, -0.15) is 0 Å². The van der Waals surface area contributed by atoms with E-state index >= 15 is 0 Å². The summed E-state index contributed by atoms with van der Waals surface area (Å²) in [5.41, 5.74) is 7.26. The largest absolute Gasteiger partial charge is 0.489 e. The van der Waals surface area contributed by atoms with E-state index < -0.39 is 5.97 Å². The van der Waals surface area contributed by atoms with E-state index in [1.165, 1.54) is 25.6 Å². The number of ether oxygens (including phenoxy) is 6. The standard InChI is InChI=1S/C32H35Cl2N3O5S.C20H24Cl2N2O2.C12H12BrNO3S/c1-17(2)41-25-14-19(31(38)39-4)15-26-29(25)35-32(43-26)37(3)20-10-12-21(13-11-20)40-16-22-28(36-42-30(22)18-8-9-18)27-23(33)6-5-7-24(27)34;1-23-13-7-9-14(10-8-13)25-11-15-19(24-26-20(15)12-5-6-12)18-16(21)3-2-4-17(18)22;1-6(2)17-8-4-7(11(15)16-3)5-9-10(8)14-12(13)18-9/h5-7,14-15,17-18,20-21H,8-13,16H2,1-4H3;2-4,12-14,23H,5-11H2,1H3;4-6H,1-3H3. The Morgan fingerprint density at radius 3 is 1.47 bits per heavy atom. The minimum absolute atomic E-state index is 0.0153. The number of fused-ring (bicyclic) bond motifs is 2. The van der Waals surface area contributed by atoms with Crippen LogP contribution >= 0.6 is 85.0 Å². The third kappa shape index (κ3) is 15.8. The Bertz CT molecular complexity index is 3660. The maximum Gasteiger partial charge on any atom is 0.338 e. The number of anilines is 1. The van der Waals surface area contributed by atoms with Gasteiger partial charge < -0.3 is 47.7 Å². The lowest BCUT2D eigenvalue weighted by molar-refractivity contribution is 0.0114. The zero-order valence-electron chi connectivity index (χ0n) is 49.8. The van der Waals surface area contributed by atoms with Crippen LogP contribution in [0.25, 0.3) is 42.9 Å². The van der Waals surface area contributed by atoms with Crippen LogP contribution < -0.4 is 19.7 Å². The van der Waals surface area contributed by atoms with Gasteiger partial charge in [-0.15, -0.1) is 11.3 Å². The van der Waals surface area contributed by atoms with Crippen LogP contribution in [-0.4, -0.2) is 97.0 Å². The second-order valence-corrected chi connectivity index (χ2v) is 27.8. The molecule has 23 heteroatoms. The van der Waals surface area contributed by atoms with Gasteiger partial charge in [0.2, 0.25) is 0 Å². The van der Waals surface area contributed by atoms with Crippen molar-refractivity contribution in [3.8, 4) is 34.0 Å². The summed E-state index contributed by atoms with van der Waals surface area (Å²) in [6.07, 6.45) is 13.1. The van der Waals surface area contributed by atoms with Crippen molar-refractivity contribution < 1.29 is 47.1 Å². The molecule has 8 aromatic rings. The van der Waals surface area contributed by atoms with Gasteiger partial charge in [-0.25, -0.2) is 19.6 Å². The molecule has 4 saturated carbocycles. The Morgan fingerprint density at radius 1 is 0.632 bits per heavy atom. The summed E-state index contributed by atoms with van der Waals surface area (Å²) in [6, 6.07) is 18.9. The number of benzene rings is 4. The topological polar surface area (TPSA) is 183 Å². The van der Waals surface area contributed by atoms with Crippen LogP contribution in [0.1, 0.15) is 160 Å². The number of hydrogen-bond acceptors (Lipinski definition) is 18. The van der Waals surface area contributed by atoms with E-state index in [9.17, 15) is 9.59 Å². The number of hydrogen-bond donors (Lipinski definition) is 1. The molecule has 0 radical (unpaired) electrons. The van der Waals surface area contributed by atoms with Crippen molar-refractivity contribution in [2.24, 2.45) is 0 Å². The number of thiazole rings is 2. The Hall–Kier alpha value is -5.06. The van der Waals surface area contributed by atoms with Crippen LogP contribution in [0.2, 0.25) is 20.1 Å². The fourth-order valence-electron chi connectivity index (χ4n) is 11.0. The number of esters is 2. The van der Waals surface area contributed by atoms with E-state index in [0.717, 1.165) is 140 Å². The van der Waals surface area contributed by atoms with Crippen molar-refractivity contribution in [2.75, 3.05) is 33.2 Å². The number of nitrogens with zero attached hydrogens (tertiary/aromatic N) is 5. The highest BCUT2D eigenvalue weighted by Crippen LogP contribution is 2.48. The molecule has 87 heavy (non-hydrogen) atoms. The molecule has 4 heterocycles. The van der Waals surface area contributed by atoms with Gasteiger partial charge >= 0.3 is 11.9 Å². The van der Waals surface area contributed by atoms with Gasteiger partial charge in [0.05, 0.1) is 92.5 Å². The average molecular weight is 1370 g/mol. The summed E-state index contributed by atoms with van der Waals surface area (Å²) >= 11 is 32.2. The Balaban J connectivity index is 0.000000161. The molecule has 0 spiro atoms. The lowest BCUT2D eigenvalue weighted by Gasteiger charge is -2.34. The summed E-state index contributed by atoms with van der Waals surface area (Å²) in [7, 11) is 6.86. The number of halogens is 5. The van der Waals surface area contributed by atoms with Gasteiger partial charge in [0, 0.05) is 53.2 Å². The molecule has 0 unspecified atom stereocenters. The summed E-state index contributed by atoms with van der Waals surface area (Å²) in [5, 5.41) is 15.2. The first-order valence-corrected chi connectivity index (χ1v) is 33.4. The first-order valence-electron chi connectivity index (χ1n) is 29.4. The number of carbonyl (C=O) groups excluding carboxylic acids is 2. The van der Waals surface area contributed by atoms with E-state index in [0.29, 0.717) is 91.1 Å². The quantitative estimate of drug-likeness (QED) is 0.0754. The number of methoxy groups -OCH3 is 2. The monoisotopic (exact) mass is 1370 g/mol. The van der Waals surface area contributed by atoms with Crippen LogP contribution in [0.15, 0.2) is 73.6 Å². The minimum Gasteiger partial charge on any atom is -0.489 e. The number of carbonyl (C=O) groups is 2. The van der Waals surface area contributed by atoms with Gasteiger partial charge in [0.25, 0.3) is 0 Å². The SMILES string of the molecule is CNC1CCC(OCc2c(-c3c(Cl)cccc3Cl)noc2C2CC2)CC1.COC(=O)c1cc(OC(C)C)c2nc(Br)sc2c1.COC(=O)c1cc(OC(C)C)c2nc(N(C)C3CCC(OCc4c(-c5c(Cl)cccc5Cl)noc4C4CC4)CC3)sc2c1. The number of aromatic nitrogens is 4. The van der Waals surface area contributed by atoms with Crippen molar-refractivity contribution in [1.29, 1.82) is 0 Å². The van der Waals surface area contributed by atoms with Gasteiger partial charge in [-0.1, -0.05) is 80.2 Å². The lowest BCUT2D eigenvalue weighted by Crippen LogP contribution is -2.37. The van der Waals surface area contributed by atoms with E-state index in [1.54, 1.807) is 29.5 Å². The smallest absolute Gasteiger partial charge is 0.338 e. The molecule has 0 amide bonds. The van der Waals surface area contributed by atoms with Crippen molar-refractivity contribution in [3.05, 3.63) is 118 Å². The molecule has 464 valence electrons. The van der Waals surface area contributed by atoms with Crippen molar-refractivity contribution >= 4 is 123 Å². The average Bonchev–Trinajstić information content (AvgIpc) is 1.83. The van der Waals surface area contributed by atoms with Crippen LogP contribution in [0.3, 0.4) is 0 Å². The maximum atomic E-state index is 12.3. The molecule has 0 atom stereocenters. The number of rotatable bonds is 19. The van der Waals surface area contributed by atoms with E-state index in [-0.39, 0.29) is 30.4 Å². The molecular weight excluding hydrogens is 1300 g/mol. The van der Waals surface area contributed by atoms with Gasteiger partial charge in [0.15, 0.2) is 9.05 Å². The molecule has 12 rings (SSSR count). The van der Waals surface area contributed by atoms with Crippen molar-refractivity contribution in [2.45, 2.75) is 166 Å². The molecular formula is C64H71BrCl4N6O10S2. The molecule has 4 aliphatic carbocycles. The zero-order valence-corrected chi connectivity index (χ0v) is 56.1. The molecule has 1 N–H and O–H groups in total. The van der Waals surface area contributed by atoms with E-state index in [4.69, 9.17) is 88.9 Å². The molecule has 0 saturated heterocycles. The zero-order chi connectivity index (χ0) is 61.6. The second-order valence-electron chi connectivity index (χ2n) is 22.8. The lowest BCUT2D eigenvalue weighted by atomic mass is 9.92. The highest BCUT2D eigenvalue weighted by atomic mass is 79.9. The first kappa shape index (κ1) is 64.9. The highest BCUT2D eigenvalue weighted by molar-refractivity contribution is 9.11. The molecule has 4 aromatic heterocycles. The fourth-order valence-corrected chi connectivity index (χ4v) is 14.7. The summed E-state index contributed by atoms with van der Waals surface area (Å²) in [4.78, 5) is 35.4. The van der Waals surface area contributed by atoms with Crippen LogP contribution in [0, 0.1) is 0 Å². The third-order valence-electron chi connectivity index (χ3n) is 15.9. The second kappa shape index (κ2) is 29.3. The predicted molar refractivity (Wildman–Crippen MR) is 348 cm³/mol. The minimum atomic E-state index is -0.394. The summed E-state index contributed by atoms with van der Waals surface area (Å²) in [6.45, 7) is 8.69. The normalized spacial score (nSPS) is 18.5. The highest BCUT2D eigenvalue weighted by Gasteiger charge is 2.36. The van der Waals surface area contributed by atoms with E-state index in [1.807, 2.05) is 77.2 Å². The molecule has 4 aliphatic rings. The first-order chi connectivity index (χ1) is 41.9. The van der Waals surface area contributed by atoms with Crippen LogP contribution in [-0.2, 0) is 32.2 Å². The summed E-state index contributed by atoms with van der Waals surface area (Å²) in [5.74, 6) is 3.10. The molecule has 0 aliphatic heterocycles. The van der Waals surface area contributed by atoms with Gasteiger partial charge in [0.1, 0.15) is 45.4 Å². The third-order valence-corrected chi connectivity index (χ3v) is 19.7. The molecule has 0 bridgehead atoms. The fraction of sp³-hybridized carbons (Fsp3) is 0.469.